The highest BCUT2D eigenvalue weighted by Crippen LogP contribution is 2.25. The van der Waals surface area contributed by atoms with Crippen LogP contribution in [0.4, 0.5) is 0 Å². The van der Waals surface area contributed by atoms with Crippen LogP contribution in [0.1, 0.15) is 44.4 Å². The van der Waals surface area contributed by atoms with E-state index in [0.717, 1.165) is 0 Å². The number of rotatable bonds is 6. The molecule has 96 valence electrons. The van der Waals surface area contributed by atoms with Crippen LogP contribution in [0.2, 0.25) is 0 Å². The fourth-order valence-electron chi connectivity index (χ4n) is 2.25. The van der Waals surface area contributed by atoms with Crippen LogP contribution in [-0.4, -0.2) is 19.6 Å². The van der Waals surface area contributed by atoms with Crippen molar-refractivity contribution in [1.82, 2.24) is 10.6 Å². The monoisotopic (exact) mass is 234 g/mol. The minimum Gasteiger partial charge on any atom is -0.313 e. The normalized spacial score (nSPS) is 13.7. The number of likely N-dealkylation sites (N-methyl/N-ethyl adjacent to an activating group) is 2. The van der Waals surface area contributed by atoms with Gasteiger partial charge in [-0.1, -0.05) is 37.6 Å². The van der Waals surface area contributed by atoms with Gasteiger partial charge in [-0.05, 0) is 45.5 Å². The van der Waals surface area contributed by atoms with Gasteiger partial charge in [-0.15, -0.1) is 0 Å². The van der Waals surface area contributed by atoms with Crippen LogP contribution in [0.25, 0.3) is 0 Å². The first-order chi connectivity index (χ1) is 8.05. The molecule has 0 fully saturated rings. The number of hydrogen-bond donors (Lipinski definition) is 2. The van der Waals surface area contributed by atoms with E-state index in [0.29, 0.717) is 6.04 Å². The first-order valence-electron chi connectivity index (χ1n) is 6.50. The van der Waals surface area contributed by atoms with E-state index in [1.165, 1.54) is 24.0 Å². The zero-order valence-corrected chi connectivity index (χ0v) is 11.8. The van der Waals surface area contributed by atoms with Gasteiger partial charge in [0.1, 0.15) is 0 Å². The van der Waals surface area contributed by atoms with E-state index < -0.39 is 0 Å². The van der Waals surface area contributed by atoms with Crippen molar-refractivity contribution in [3.63, 3.8) is 0 Å². The zero-order valence-electron chi connectivity index (χ0n) is 11.8. The quantitative estimate of drug-likeness (QED) is 0.791. The lowest BCUT2D eigenvalue weighted by atomic mass is 9.88. The Morgan fingerprint density at radius 3 is 2.12 bits per heavy atom. The maximum absolute atomic E-state index is 3.40. The number of benzene rings is 1. The molecule has 1 aromatic rings. The fourth-order valence-corrected chi connectivity index (χ4v) is 2.25. The number of nitrogens with one attached hydrogen (secondary N) is 2. The molecule has 17 heavy (non-hydrogen) atoms. The smallest absolute Gasteiger partial charge is 0.0497 e. The van der Waals surface area contributed by atoms with Crippen molar-refractivity contribution in [2.24, 2.45) is 0 Å². The molecule has 1 unspecified atom stereocenters. The molecular formula is C15H26N2. The summed E-state index contributed by atoms with van der Waals surface area (Å²) >= 11 is 0. The summed E-state index contributed by atoms with van der Waals surface area (Å²) in [7, 11) is 4.03. The van der Waals surface area contributed by atoms with Gasteiger partial charge in [0.15, 0.2) is 0 Å². The molecule has 1 rings (SSSR count). The Morgan fingerprint density at radius 2 is 1.71 bits per heavy atom. The third-order valence-electron chi connectivity index (χ3n) is 3.51. The average molecular weight is 234 g/mol. The maximum atomic E-state index is 3.40. The van der Waals surface area contributed by atoms with Crippen molar-refractivity contribution in [3.05, 3.63) is 35.4 Å². The topological polar surface area (TPSA) is 24.1 Å². The molecule has 2 N–H and O–H groups in total. The molecular weight excluding hydrogens is 208 g/mol. The summed E-state index contributed by atoms with van der Waals surface area (Å²) in [6.45, 7) is 6.65. The third-order valence-corrected chi connectivity index (χ3v) is 3.51. The van der Waals surface area contributed by atoms with Crippen LogP contribution >= 0.6 is 0 Å². The molecule has 1 aromatic carbocycles. The van der Waals surface area contributed by atoms with Crippen LogP contribution in [0, 0.1) is 0 Å². The molecule has 0 aliphatic rings. The molecule has 0 aliphatic heterocycles. The molecule has 0 saturated heterocycles. The molecule has 0 saturated carbocycles. The van der Waals surface area contributed by atoms with Crippen LogP contribution in [0.15, 0.2) is 24.3 Å². The lowest BCUT2D eigenvalue weighted by Gasteiger charge is -2.34. The molecule has 0 heterocycles. The van der Waals surface area contributed by atoms with E-state index in [9.17, 15) is 0 Å². The summed E-state index contributed by atoms with van der Waals surface area (Å²) in [5.41, 5.74) is 2.81. The molecule has 2 heteroatoms. The lowest BCUT2D eigenvalue weighted by Crippen LogP contribution is -2.47. The van der Waals surface area contributed by atoms with E-state index in [1.54, 1.807) is 0 Å². The second-order valence-corrected chi connectivity index (χ2v) is 5.18. The molecule has 1 atom stereocenters. The fraction of sp³-hybridized carbons (Fsp3) is 0.600. The Morgan fingerprint density at radius 1 is 1.12 bits per heavy atom. The van der Waals surface area contributed by atoms with Gasteiger partial charge >= 0.3 is 0 Å². The van der Waals surface area contributed by atoms with Gasteiger partial charge in [-0.2, -0.15) is 0 Å². The van der Waals surface area contributed by atoms with E-state index >= 15 is 0 Å². The molecule has 2 nitrogen and oxygen atoms in total. The van der Waals surface area contributed by atoms with Crippen molar-refractivity contribution in [2.75, 3.05) is 14.1 Å². The van der Waals surface area contributed by atoms with Crippen LogP contribution in [0.5, 0.6) is 0 Å². The standard InChI is InChI=1S/C15H26N2/c1-6-7-12-8-10-13(11-9-12)14(16-4)15(2,3)17-5/h8-11,14,16-17H,6-7H2,1-5H3. The second kappa shape index (κ2) is 6.18. The van der Waals surface area contributed by atoms with Gasteiger partial charge in [0.25, 0.3) is 0 Å². The average Bonchev–Trinajstić information content (AvgIpc) is 2.32. The largest absolute Gasteiger partial charge is 0.313 e. The Labute approximate surface area is 106 Å². The van der Waals surface area contributed by atoms with Crippen molar-refractivity contribution in [2.45, 2.75) is 45.2 Å². The first kappa shape index (κ1) is 14.2. The van der Waals surface area contributed by atoms with E-state index in [2.05, 4.69) is 55.7 Å². The highest BCUT2D eigenvalue weighted by molar-refractivity contribution is 5.27. The summed E-state index contributed by atoms with van der Waals surface area (Å²) < 4.78 is 0. The summed E-state index contributed by atoms with van der Waals surface area (Å²) in [6, 6.07) is 9.29. The number of aryl methyl sites for hydroxylation is 1. The van der Waals surface area contributed by atoms with Gasteiger partial charge in [0.05, 0.1) is 0 Å². The molecule has 0 radical (unpaired) electrons. The van der Waals surface area contributed by atoms with Crippen LogP contribution < -0.4 is 10.6 Å². The van der Waals surface area contributed by atoms with Gasteiger partial charge in [-0.25, -0.2) is 0 Å². The Balaban J connectivity index is 2.89. The van der Waals surface area contributed by atoms with Crippen molar-refractivity contribution in [3.8, 4) is 0 Å². The van der Waals surface area contributed by atoms with Crippen molar-refractivity contribution in [1.29, 1.82) is 0 Å². The van der Waals surface area contributed by atoms with Crippen molar-refractivity contribution >= 4 is 0 Å². The first-order valence-corrected chi connectivity index (χ1v) is 6.50. The lowest BCUT2D eigenvalue weighted by molar-refractivity contribution is 0.311. The Hall–Kier alpha value is -0.860. The Bertz CT molecular complexity index is 327. The predicted molar refractivity (Wildman–Crippen MR) is 75.4 cm³/mol. The highest BCUT2D eigenvalue weighted by Gasteiger charge is 2.27. The molecule has 0 spiro atoms. The molecule has 0 amide bonds. The molecule has 0 aliphatic carbocycles. The third kappa shape index (κ3) is 3.55. The van der Waals surface area contributed by atoms with Crippen molar-refractivity contribution < 1.29 is 0 Å². The van der Waals surface area contributed by atoms with Crippen LogP contribution in [0.3, 0.4) is 0 Å². The Kier molecular flexibility index (Phi) is 5.16. The summed E-state index contributed by atoms with van der Waals surface area (Å²) in [6.07, 6.45) is 2.37. The zero-order chi connectivity index (χ0) is 12.9. The van der Waals surface area contributed by atoms with Gasteiger partial charge in [-0.3, -0.25) is 0 Å². The highest BCUT2D eigenvalue weighted by atomic mass is 15.0. The van der Waals surface area contributed by atoms with E-state index in [4.69, 9.17) is 0 Å². The molecule has 0 bridgehead atoms. The minimum atomic E-state index is 0.0427. The van der Waals surface area contributed by atoms with Crippen LogP contribution in [-0.2, 0) is 6.42 Å². The van der Waals surface area contributed by atoms with E-state index in [-0.39, 0.29) is 5.54 Å². The SMILES string of the molecule is CCCc1ccc(C(NC)C(C)(C)NC)cc1. The summed E-state index contributed by atoms with van der Waals surface area (Å²) in [4.78, 5) is 0. The predicted octanol–water partition coefficient (Wildman–Crippen LogP) is 2.90. The second-order valence-electron chi connectivity index (χ2n) is 5.18. The van der Waals surface area contributed by atoms with Gasteiger partial charge < -0.3 is 10.6 Å². The van der Waals surface area contributed by atoms with E-state index in [1.807, 2.05) is 14.1 Å². The van der Waals surface area contributed by atoms with Gasteiger partial charge in [0, 0.05) is 11.6 Å². The summed E-state index contributed by atoms with van der Waals surface area (Å²) in [5, 5.41) is 6.77. The summed E-state index contributed by atoms with van der Waals surface area (Å²) in [5.74, 6) is 0. The van der Waals surface area contributed by atoms with Gasteiger partial charge in [0.2, 0.25) is 0 Å². The minimum absolute atomic E-state index is 0.0427. The maximum Gasteiger partial charge on any atom is 0.0497 e. The molecule has 0 aromatic heterocycles. The number of hydrogen-bond acceptors (Lipinski definition) is 2.